The van der Waals surface area contributed by atoms with Gasteiger partial charge in [-0.05, 0) is 31.5 Å². The van der Waals surface area contributed by atoms with Gasteiger partial charge >= 0.3 is 5.97 Å². The summed E-state index contributed by atoms with van der Waals surface area (Å²) in [6.45, 7) is 8.61. The summed E-state index contributed by atoms with van der Waals surface area (Å²) in [6.07, 6.45) is 1.47. The number of ether oxygens (including phenoxy) is 3. The lowest BCUT2D eigenvalue weighted by Gasteiger charge is -2.40. The van der Waals surface area contributed by atoms with E-state index in [1.54, 1.807) is 7.11 Å². The van der Waals surface area contributed by atoms with Gasteiger partial charge in [-0.15, -0.1) is 0 Å². The van der Waals surface area contributed by atoms with Crippen molar-refractivity contribution in [1.82, 2.24) is 0 Å². The molecule has 0 spiro atoms. The molecule has 3 saturated heterocycles. The van der Waals surface area contributed by atoms with Crippen LogP contribution in [0.3, 0.4) is 0 Å². The average Bonchev–Trinajstić information content (AvgIpc) is 3.18. The van der Waals surface area contributed by atoms with E-state index < -0.39 is 31.9 Å². The van der Waals surface area contributed by atoms with Crippen molar-refractivity contribution in [2.24, 2.45) is 5.92 Å². The zero-order valence-electron chi connectivity index (χ0n) is 17.5. The Balaban J connectivity index is 1.95. The minimum Gasteiger partial charge on any atom is -0.462 e. The highest BCUT2D eigenvalue weighted by atomic mass is 28.4. The van der Waals surface area contributed by atoms with Gasteiger partial charge in [0.25, 0.3) is 0 Å². The molecule has 27 heavy (non-hydrogen) atoms. The van der Waals surface area contributed by atoms with Crippen molar-refractivity contribution in [3.63, 3.8) is 0 Å². The SMILES string of the molecule is CC[Si](CC)(CC)O[C@@H]1C[C@]2(OC)CC[C@](C)(C[C@H]3OC(=O)C[C@H]3[C@@H]1O)O2. The molecule has 3 aliphatic heterocycles. The van der Waals surface area contributed by atoms with Gasteiger partial charge in [-0.3, -0.25) is 4.79 Å². The zero-order valence-corrected chi connectivity index (χ0v) is 18.5. The van der Waals surface area contributed by atoms with E-state index in [9.17, 15) is 9.90 Å². The van der Waals surface area contributed by atoms with E-state index >= 15 is 0 Å². The third-order valence-electron chi connectivity index (χ3n) is 7.30. The highest BCUT2D eigenvalue weighted by Gasteiger charge is 2.56. The maximum absolute atomic E-state index is 12.0. The number of hydrogen-bond donors (Lipinski definition) is 1. The molecule has 6 nitrogen and oxygen atoms in total. The van der Waals surface area contributed by atoms with Crippen LogP contribution in [0, 0.1) is 5.92 Å². The molecule has 0 radical (unpaired) electrons. The van der Waals surface area contributed by atoms with Gasteiger partial charge in [-0.2, -0.15) is 0 Å². The number of rotatable bonds is 6. The summed E-state index contributed by atoms with van der Waals surface area (Å²) in [6, 6.07) is 3.02. The fourth-order valence-electron chi connectivity index (χ4n) is 5.24. The lowest BCUT2D eigenvalue weighted by atomic mass is 9.82. The van der Waals surface area contributed by atoms with Gasteiger partial charge in [0.1, 0.15) is 6.10 Å². The number of aliphatic hydroxyl groups is 1. The Morgan fingerprint density at radius 1 is 1.19 bits per heavy atom. The second-order valence-electron chi connectivity index (χ2n) is 8.86. The molecule has 0 saturated carbocycles. The average molecular weight is 401 g/mol. The molecule has 0 aromatic rings. The minimum absolute atomic E-state index is 0.229. The third-order valence-corrected chi connectivity index (χ3v) is 12.0. The molecule has 0 aromatic heterocycles. The summed E-state index contributed by atoms with van der Waals surface area (Å²) >= 11 is 0. The quantitative estimate of drug-likeness (QED) is 0.544. The van der Waals surface area contributed by atoms with Crippen LogP contribution in [-0.2, 0) is 23.4 Å². The molecule has 156 valence electrons. The molecule has 3 aliphatic rings. The van der Waals surface area contributed by atoms with Gasteiger partial charge in [0, 0.05) is 32.3 Å². The van der Waals surface area contributed by atoms with E-state index in [4.69, 9.17) is 18.6 Å². The Hall–Kier alpha value is -0.473. The third kappa shape index (κ3) is 3.99. The van der Waals surface area contributed by atoms with Gasteiger partial charge < -0.3 is 23.7 Å². The summed E-state index contributed by atoms with van der Waals surface area (Å²) in [5.41, 5.74) is -0.410. The van der Waals surface area contributed by atoms with Crippen LogP contribution in [-0.4, -0.2) is 56.2 Å². The predicted octanol–water partition coefficient (Wildman–Crippen LogP) is 3.38. The molecule has 3 fully saturated rings. The first kappa shape index (κ1) is 21.2. The Morgan fingerprint density at radius 2 is 1.85 bits per heavy atom. The van der Waals surface area contributed by atoms with Gasteiger partial charge in [0.15, 0.2) is 14.1 Å². The molecule has 3 heterocycles. The van der Waals surface area contributed by atoms with Crippen LogP contribution in [0.4, 0.5) is 0 Å². The molecule has 0 amide bonds. The lowest BCUT2D eigenvalue weighted by molar-refractivity contribution is -0.250. The molecule has 0 unspecified atom stereocenters. The molecular formula is C20H36O6Si. The first-order valence-corrected chi connectivity index (χ1v) is 13.1. The van der Waals surface area contributed by atoms with E-state index in [0.29, 0.717) is 12.8 Å². The summed E-state index contributed by atoms with van der Waals surface area (Å²) < 4.78 is 24.7. The van der Waals surface area contributed by atoms with Crippen LogP contribution in [0.1, 0.15) is 59.8 Å². The Labute approximate surface area is 164 Å². The van der Waals surface area contributed by atoms with Crippen LogP contribution >= 0.6 is 0 Å². The molecule has 3 rings (SSSR count). The van der Waals surface area contributed by atoms with E-state index in [1.807, 2.05) is 0 Å². The monoisotopic (exact) mass is 400 g/mol. The van der Waals surface area contributed by atoms with Gasteiger partial charge in [0.05, 0.1) is 24.2 Å². The summed E-state index contributed by atoms with van der Waals surface area (Å²) in [5, 5.41) is 11.3. The molecule has 2 bridgehead atoms. The fourth-order valence-corrected chi connectivity index (χ4v) is 8.11. The zero-order chi connectivity index (χ0) is 19.9. The van der Waals surface area contributed by atoms with Crippen molar-refractivity contribution >= 4 is 14.3 Å². The number of hydrogen-bond acceptors (Lipinski definition) is 6. The van der Waals surface area contributed by atoms with Crippen LogP contribution in [0.5, 0.6) is 0 Å². The summed E-state index contributed by atoms with van der Waals surface area (Å²) in [7, 11) is -0.274. The summed E-state index contributed by atoms with van der Waals surface area (Å²) in [4.78, 5) is 12.0. The highest BCUT2D eigenvalue weighted by Crippen LogP contribution is 2.49. The number of methoxy groups -OCH3 is 1. The fraction of sp³-hybridized carbons (Fsp3) is 0.950. The summed E-state index contributed by atoms with van der Waals surface area (Å²) in [5.74, 6) is -1.21. The van der Waals surface area contributed by atoms with E-state index in [-0.39, 0.29) is 24.4 Å². The van der Waals surface area contributed by atoms with Gasteiger partial charge in [-0.1, -0.05) is 20.8 Å². The van der Waals surface area contributed by atoms with Crippen molar-refractivity contribution in [3.8, 4) is 0 Å². The number of carbonyl (C=O) groups is 1. The number of carbonyl (C=O) groups excluding carboxylic acids is 1. The van der Waals surface area contributed by atoms with Crippen LogP contribution < -0.4 is 0 Å². The minimum atomic E-state index is -1.95. The van der Waals surface area contributed by atoms with Crippen molar-refractivity contribution < 1.29 is 28.5 Å². The van der Waals surface area contributed by atoms with Crippen LogP contribution in [0.2, 0.25) is 18.1 Å². The predicted molar refractivity (Wildman–Crippen MR) is 104 cm³/mol. The van der Waals surface area contributed by atoms with E-state index in [2.05, 4.69) is 27.7 Å². The topological polar surface area (TPSA) is 74.2 Å². The Bertz CT molecular complexity index is 544. The van der Waals surface area contributed by atoms with Crippen LogP contribution in [0.15, 0.2) is 0 Å². The van der Waals surface area contributed by atoms with Crippen molar-refractivity contribution in [1.29, 1.82) is 0 Å². The first-order chi connectivity index (χ1) is 12.7. The molecule has 0 aromatic carbocycles. The Kier molecular flexibility index (Phi) is 6.09. The molecule has 6 atom stereocenters. The molecule has 0 aliphatic carbocycles. The molecular weight excluding hydrogens is 364 g/mol. The highest BCUT2D eigenvalue weighted by molar-refractivity contribution is 6.73. The van der Waals surface area contributed by atoms with E-state index in [0.717, 1.165) is 31.0 Å². The lowest BCUT2D eigenvalue weighted by Crippen LogP contribution is -2.50. The van der Waals surface area contributed by atoms with Gasteiger partial charge in [0.2, 0.25) is 0 Å². The maximum Gasteiger partial charge on any atom is 0.306 e. The second-order valence-corrected chi connectivity index (χ2v) is 13.6. The number of aliphatic hydroxyl groups excluding tert-OH is 1. The largest absolute Gasteiger partial charge is 0.462 e. The number of fused-ring (bicyclic) bond motifs is 3. The maximum atomic E-state index is 12.0. The van der Waals surface area contributed by atoms with Crippen LogP contribution in [0.25, 0.3) is 0 Å². The normalized spacial score (nSPS) is 42.2. The Morgan fingerprint density at radius 3 is 2.44 bits per heavy atom. The standard InChI is InChI=1S/C20H36O6Si/c1-6-27(7-2,8-3)25-16-13-20(23-5)10-9-19(4,26-20)12-15-14(18(16)22)11-17(21)24-15/h14-16,18,22H,6-13H2,1-5H3/t14-,15-,16-,18+,19-,20+/m1/s1. The van der Waals surface area contributed by atoms with Crippen molar-refractivity contribution in [2.45, 2.75) is 108 Å². The van der Waals surface area contributed by atoms with Gasteiger partial charge in [-0.25, -0.2) is 0 Å². The smallest absolute Gasteiger partial charge is 0.306 e. The molecule has 1 N–H and O–H groups in total. The molecule has 7 heteroatoms. The van der Waals surface area contributed by atoms with Crippen molar-refractivity contribution in [2.75, 3.05) is 7.11 Å². The first-order valence-electron chi connectivity index (χ1n) is 10.5. The number of esters is 1. The van der Waals surface area contributed by atoms with Crippen molar-refractivity contribution in [3.05, 3.63) is 0 Å². The second kappa shape index (κ2) is 7.75. The van der Waals surface area contributed by atoms with E-state index in [1.165, 1.54) is 0 Å².